The fraction of sp³-hybridized carbons (Fsp3) is 0.381. The fourth-order valence-electron chi connectivity index (χ4n) is 4.19. The van der Waals surface area contributed by atoms with E-state index in [9.17, 15) is 9.59 Å². The van der Waals surface area contributed by atoms with Crippen molar-refractivity contribution in [3.63, 3.8) is 0 Å². The van der Waals surface area contributed by atoms with Crippen LogP contribution >= 0.6 is 47.2 Å². The van der Waals surface area contributed by atoms with E-state index in [1.165, 1.54) is 11.8 Å². The van der Waals surface area contributed by atoms with Crippen LogP contribution in [0.25, 0.3) is 0 Å². The number of rotatable bonds is 3. The van der Waals surface area contributed by atoms with Crippen LogP contribution < -0.4 is 10.9 Å². The van der Waals surface area contributed by atoms with Gasteiger partial charge in [-0.15, -0.1) is 0 Å². The van der Waals surface area contributed by atoms with E-state index in [0.29, 0.717) is 26.0 Å². The highest BCUT2D eigenvalue weighted by molar-refractivity contribution is 8.23. The summed E-state index contributed by atoms with van der Waals surface area (Å²) in [6, 6.07) is 10.4. The molecule has 0 unspecified atom stereocenters. The molecule has 3 atom stereocenters. The number of thiocarbonyl (C=S) groups is 1. The van der Waals surface area contributed by atoms with Gasteiger partial charge in [0.15, 0.2) is 0 Å². The summed E-state index contributed by atoms with van der Waals surface area (Å²) in [4.78, 5) is 27.0. The number of hydrogen-bond donors (Lipinski definition) is 1. The van der Waals surface area contributed by atoms with E-state index in [2.05, 4.69) is 10.2 Å². The molecule has 0 spiro atoms. The number of thioether (sulfide) groups is 1. The number of carbonyl (C=O) groups excluding carboxylic acids is 1. The van der Waals surface area contributed by atoms with Crippen LogP contribution in [0.3, 0.4) is 0 Å². The van der Waals surface area contributed by atoms with Crippen molar-refractivity contribution in [2.24, 2.45) is 5.92 Å². The first-order valence-corrected chi connectivity index (χ1v) is 11.8. The van der Waals surface area contributed by atoms with Gasteiger partial charge in [0.05, 0.1) is 5.25 Å². The molecule has 1 aromatic carbocycles. The van der Waals surface area contributed by atoms with Gasteiger partial charge in [-0.2, -0.15) is 0 Å². The van der Waals surface area contributed by atoms with Crippen molar-refractivity contribution in [1.29, 1.82) is 0 Å². The van der Waals surface area contributed by atoms with Crippen LogP contribution in [0.1, 0.15) is 25.0 Å². The van der Waals surface area contributed by atoms with Crippen LogP contribution in [0.5, 0.6) is 0 Å². The number of fused-ring (bicyclic) bond motifs is 4. The molecule has 158 valence electrons. The molecule has 1 amide bonds. The number of carbonyl (C=O) groups is 1. The summed E-state index contributed by atoms with van der Waals surface area (Å²) in [6.07, 6.45) is 1.07. The average molecular weight is 482 g/mol. The predicted molar refractivity (Wildman–Crippen MR) is 128 cm³/mol. The Kier molecular flexibility index (Phi) is 6.44. The van der Waals surface area contributed by atoms with E-state index in [-0.39, 0.29) is 22.6 Å². The lowest BCUT2D eigenvalue weighted by Gasteiger charge is -2.43. The molecule has 1 fully saturated rings. The third-order valence-electron chi connectivity index (χ3n) is 5.51. The lowest BCUT2D eigenvalue weighted by atomic mass is 9.83. The highest BCUT2D eigenvalue weighted by Crippen LogP contribution is 2.36. The largest absolute Gasteiger partial charge is 0.356 e. The van der Waals surface area contributed by atoms with Gasteiger partial charge in [-0.05, 0) is 43.5 Å². The summed E-state index contributed by atoms with van der Waals surface area (Å²) in [6.45, 7) is 4.13. The Hall–Kier alpha value is -1.54. The third-order valence-corrected chi connectivity index (χ3v) is 7.53. The monoisotopic (exact) mass is 481 g/mol. The first kappa shape index (κ1) is 21.7. The second-order valence-electron chi connectivity index (χ2n) is 7.78. The Bertz CT molecular complexity index is 1040. The molecule has 2 aromatic rings. The van der Waals surface area contributed by atoms with Crippen LogP contribution in [0, 0.1) is 5.92 Å². The third kappa shape index (κ3) is 4.69. The smallest absolute Gasteiger partial charge is 0.250 e. The molecule has 4 rings (SSSR count). The number of pyridine rings is 1. The molecule has 30 heavy (non-hydrogen) atoms. The molecule has 0 aliphatic carbocycles. The zero-order valence-corrected chi connectivity index (χ0v) is 19.5. The number of aromatic nitrogens is 1. The highest BCUT2D eigenvalue weighted by atomic mass is 35.5. The van der Waals surface area contributed by atoms with Crippen molar-refractivity contribution >= 4 is 63.1 Å². The lowest BCUT2D eigenvalue weighted by Crippen LogP contribution is -2.48. The molecule has 1 aromatic heterocycles. The van der Waals surface area contributed by atoms with Crippen LogP contribution in [0.2, 0.25) is 10.0 Å². The maximum absolute atomic E-state index is 12.6. The van der Waals surface area contributed by atoms with E-state index >= 15 is 0 Å². The Labute approximate surface area is 194 Å². The molecule has 5 nitrogen and oxygen atoms in total. The van der Waals surface area contributed by atoms with Gasteiger partial charge >= 0.3 is 0 Å². The first-order chi connectivity index (χ1) is 14.3. The minimum Gasteiger partial charge on any atom is -0.356 e. The van der Waals surface area contributed by atoms with Crippen molar-refractivity contribution in [1.82, 2.24) is 9.47 Å². The Morgan fingerprint density at radius 3 is 2.67 bits per heavy atom. The summed E-state index contributed by atoms with van der Waals surface area (Å²) >= 11 is 19.1. The molecular formula is C21H21Cl2N3O2S2. The molecule has 1 saturated heterocycles. The summed E-state index contributed by atoms with van der Waals surface area (Å²) < 4.78 is 2.61. The minimum atomic E-state index is -0.369. The Morgan fingerprint density at radius 1 is 1.20 bits per heavy atom. The molecule has 1 N–H and O–H groups in total. The van der Waals surface area contributed by atoms with Gasteiger partial charge < -0.3 is 14.8 Å². The summed E-state index contributed by atoms with van der Waals surface area (Å²) in [5, 5.41) is 3.41. The first-order valence-electron chi connectivity index (χ1n) is 9.72. The number of nitrogens with one attached hydrogen (secondary N) is 1. The standard InChI is InChI=1S/C21H21Cl2N3O2S2/c1-12(20(28)24-17-7-15(22)6-16(23)8-17)30-21(29)25-9-13-5-14(11-25)18-3-2-4-19(27)26(18)10-13/h2-4,6-8,12-14H,5,9-11H2,1H3,(H,24,28)/t12-,13-,14-/m0/s1. The molecule has 2 aliphatic heterocycles. The number of benzene rings is 1. The number of halogens is 2. The fourth-order valence-corrected chi connectivity index (χ4v) is 6.07. The summed E-state index contributed by atoms with van der Waals surface area (Å²) in [5.41, 5.74) is 1.71. The van der Waals surface area contributed by atoms with Gasteiger partial charge in [0, 0.05) is 53.0 Å². The lowest BCUT2D eigenvalue weighted by molar-refractivity contribution is -0.115. The maximum Gasteiger partial charge on any atom is 0.250 e. The number of amides is 1. The molecule has 2 bridgehead atoms. The predicted octanol–water partition coefficient (Wildman–Crippen LogP) is 4.62. The molecule has 3 heterocycles. The average Bonchev–Trinajstić information content (AvgIpc) is 2.67. The van der Waals surface area contributed by atoms with Gasteiger partial charge in [0.2, 0.25) is 5.91 Å². The topological polar surface area (TPSA) is 54.3 Å². The van der Waals surface area contributed by atoms with E-state index in [4.69, 9.17) is 35.4 Å². The molecule has 2 aliphatic rings. The Balaban J connectivity index is 1.39. The number of piperidine rings is 1. The Morgan fingerprint density at radius 2 is 1.93 bits per heavy atom. The molecule has 0 radical (unpaired) electrons. The normalized spacial score (nSPS) is 21.0. The molecular weight excluding hydrogens is 461 g/mol. The zero-order chi connectivity index (χ0) is 21.4. The van der Waals surface area contributed by atoms with E-state index in [1.54, 1.807) is 24.3 Å². The van der Waals surface area contributed by atoms with Gasteiger partial charge in [-0.3, -0.25) is 9.59 Å². The summed E-state index contributed by atoms with van der Waals surface area (Å²) in [7, 11) is 0. The SMILES string of the molecule is C[C@H](SC(=S)N1C[C@@H]2C[C@@H](C1)c1cccc(=O)n1C2)C(=O)Nc1cc(Cl)cc(Cl)c1. The van der Waals surface area contributed by atoms with Crippen molar-refractivity contribution in [3.8, 4) is 0 Å². The second-order valence-corrected chi connectivity index (χ2v) is 10.6. The van der Waals surface area contributed by atoms with Crippen LogP contribution in [-0.2, 0) is 11.3 Å². The number of nitrogens with zero attached hydrogens (tertiary/aromatic N) is 2. The zero-order valence-electron chi connectivity index (χ0n) is 16.3. The quantitative estimate of drug-likeness (QED) is 0.648. The van der Waals surface area contributed by atoms with Crippen molar-refractivity contribution in [3.05, 3.63) is 62.5 Å². The minimum absolute atomic E-state index is 0.0685. The molecule has 0 saturated carbocycles. The number of anilines is 1. The van der Waals surface area contributed by atoms with E-state index in [1.807, 2.05) is 23.6 Å². The summed E-state index contributed by atoms with van der Waals surface area (Å²) in [5.74, 6) is 0.505. The van der Waals surface area contributed by atoms with Crippen LogP contribution in [0.15, 0.2) is 41.2 Å². The van der Waals surface area contributed by atoms with Crippen molar-refractivity contribution in [2.45, 2.75) is 31.1 Å². The van der Waals surface area contributed by atoms with Crippen LogP contribution in [0.4, 0.5) is 5.69 Å². The number of likely N-dealkylation sites (tertiary alicyclic amines) is 1. The van der Waals surface area contributed by atoms with E-state index < -0.39 is 0 Å². The van der Waals surface area contributed by atoms with Gasteiger partial charge in [-0.1, -0.05) is 53.2 Å². The maximum atomic E-state index is 12.6. The van der Waals surface area contributed by atoms with Crippen molar-refractivity contribution in [2.75, 3.05) is 18.4 Å². The van der Waals surface area contributed by atoms with Gasteiger partial charge in [0.1, 0.15) is 4.32 Å². The van der Waals surface area contributed by atoms with Crippen LogP contribution in [-0.4, -0.2) is 38.0 Å². The highest BCUT2D eigenvalue weighted by Gasteiger charge is 2.35. The second kappa shape index (κ2) is 8.91. The van der Waals surface area contributed by atoms with E-state index in [0.717, 1.165) is 31.7 Å². The molecule has 9 heteroatoms. The number of hydrogen-bond acceptors (Lipinski definition) is 4. The van der Waals surface area contributed by atoms with Crippen molar-refractivity contribution < 1.29 is 4.79 Å². The van der Waals surface area contributed by atoms with Gasteiger partial charge in [-0.25, -0.2) is 0 Å². The van der Waals surface area contributed by atoms with Gasteiger partial charge in [0.25, 0.3) is 5.56 Å².